The van der Waals surface area contributed by atoms with E-state index in [4.69, 9.17) is 8.39 Å². The summed E-state index contributed by atoms with van der Waals surface area (Å²) < 4.78 is 12.3. The van der Waals surface area contributed by atoms with Crippen molar-refractivity contribution in [3.8, 4) is 0 Å². The lowest BCUT2D eigenvalue weighted by Gasteiger charge is -2.05. The number of benzene rings is 4. The maximum Gasteiger partial charge on any atom is 0.213 e. The molecule has 0 fully saturated rings. The summed E-state index contributed by atoms with van der Waals surface area (Å²) in [6.45, 7) is 2.00. The SMILES string of the molecule is C.Cp1oc2ccc3ccccc3c2c2c(ccc3ccccc32)o1. The first kappa shape index (κ1) is 15.8. The summed E-state index contributed by atoms with van der Waals surface area (Å²) in [5.74, 6) is 0. The predicted molar refractivity (Wildman–Crippen MR) is 109 cm³/mol. The maximum atomic E-state index is 6.14. The smallest absolute Gasteiger partial charge is 0.213 e. The van der Waals surface area contributed by atoms with Crippen LogP contribution < -0.4 is 0 Å². The lowest BCUT2D eigenvalue weighted by Crippen LogP contribution is -1.79. The number of fused-ring (bicyclic) bond motifs is 7. The first-order chi connectivity index (χ1) is 11.8. The second-order valence-electron chi connectivity index (χ2n) is 5.94. The molecule has 1 heterocycles. The van der Waals surface area contributed by atoms with Crippen LogP contribution in [0.4, 0.5) is 0 Å². The van der Waals surface area contributed by atoms with Crippen LogP contribution in [0.3, 0.4) is 0 Å². The average molecular weight is 346 g/mol. The molecular weight excluding hydrogens is 327 g/mol. The predicted octanol–water partition coefficient (Wildman–Crippen LogP) is 7.77. The molecule has 0 saturated carbocycles. The zero-order valence-corrected chi connectivity index (χ0v) is 14.1. The molecule has 0 atom stereocenters. The van der Waals surface area contributed by atoms with Crippen molar-refractivity contribution in [3.63, 3.8) is 0 Å². The molecule has 1 aromatic heterocycles. The molecular formula is C22H19O2P. The molecule has 5 rings (SSSR count). The van der Waals surface area contributed by atoms with Gasteiger partial charge in [0.2, 0.25) is 8.01 Å². The minimum absolute atomic E-state index is 0. The van der Waals surface area contributed by atoms with Crippen LogP contribution in [0.1, 0.15) is 7.43 Å². The van der Waals surface area contributed by atoms with Crippen molar-refractivity contribution in [2.75, 3.05) is 0 Å². The number of hydrogen-bond acceptors (Lipinski definition) is 2. The molecule has 0 aliphatic carbocycles. The minimum Gasteiger partial charge on any atom is -0.419 e. The van der Waals surface area contributed by atoms with Crippen LogP contribution in [-0.4, -0.2) is 0 Å². The third-order valence-electron chi connectivity index (χ3n) is 4.49. The summed E-state index contributed by atoms with van der Waals surface area (Å²) in [7, 11) is -1.00. The van der Waals surface area contributed by atoms with E-state index in [1.807, 2.05) is 6.66 Å². The van der Waals surface area contributed by atoms with E-state index in [9.17, 15) is 0 Å². The quantitative estimate of drug-likeness (QED) is 0.286. The Kier molecular flexibility index (Phi) is 3.78. The Morgan fingerprint density at radius 1 is 0.600 bits per heavy atom. The van der Waals surface area contributed by atoms with Crippen molar-refractivity contribution >= 4 is 51.5 Å². The van der Waals surface area contributed by atoms with Crippen LogP contribution in [0.15, 0.2) is 81.2 Å². The van der Waals surface area contributed by atoms with Gasteiger partial charge in [-0.3, -0.25) is 0 Å². The highest BCUT2D eigenvalue weighted by Gasteiger charge is 2.11. The van der Waals surface area contributed by atoms with Crippen LogP contribution in [-0.2, 0) is 6.66 Å². The Hall–Kier alpha value is -2.70. The molecule has 0 N–H and O–H groups in total. The third-order valence-corrected chi connectivity index (χ3v) is 5.39. The standard InChI is InChI=1S/C21H15O2P.CH4/c1-24-22-18-12-10-14-6-2-4-8-16(14)20(18)21-17-9-5-3-7-15(17)11-13-19(21)23-24;/h2-13H,1H3;1H4. The summed E-state index contributed by atoms with van der Waals surface area (Å²) in [4.78, 5) is 0. The molecule has 0 saturated heterocycles. The summed E-state index contributed by atoms with van der Waals surface area (Å²) in [5.41, 5.74) is 1.80. The first-order valence-electron chi connectivity index (χ1n) is 7.95. The van der Waals surface area contributed by atoms with Gasteiger partial charge in [0.1, 0.15) is 11.2 Å². The molecule has 0 amide bonds. The number of aryl methyl sites for hydroxylation is 1. The largest absolute Gasteiger partial charge is 0.419 e. The average Bonchev–Trinajstić information content (AvgIpc) is 2.77. The first-order valence-corrected chi connectivity index (χ1v) is 9.57. The molecule has 124 valence electrons. The Morgan fingerprint density at radius 2 is 1.04 bits per heavy atom. The van der Waals surface area contributed by atoms with Gasteiger partial charge in [-0.05, 0) is 33.7 Å². The molecule has 0 bridgehead atoms. The van der Waals surface area contributed by atoms with Gasteiger partial charge in [0.25, 0.3) is 0 Å². The van der Waals surface area contributed by atoms with Crippen molar-refractivity contribution < 1.29 is 8.39 Å². The van der Waals surface area contributed by atoms with Crippen molar-refractivity contribution in [2.45, 2.75) is 7.43 Å². The highest BCUT2D eigenvalue weighted by molar-refractivity contribution is 7.35. The maximum absolute atomic E-state index is 6.14. The number of hydrogen-bond donors (Lipinski definition) is 0. The zero-order chi connectivity index (χ0) is 16.1. The number of rotatable bonds is 0. The lowest BCUT2D eigenvalue weighted by atomic mass is 9.99. The van der Waals surface area contributed by atoms with Crippen molar-refractivity contribution in [1.82, 2.24) is 0 Å². The van der Waals surface area contributed by atoms with Crippen molar-refractivity contribution in [3.05, 3.63) is 72.8 Å². The van der Waals surface area contributed by atoms with Gasteiger partial charge in [-0.25, -0.2) is 0 Å². The third kappa shape index (κ3) is 2.42. The van der Waals surface area contributed by atoms with Crippen molar-refractivity contribution in [2.24, 2.45) is 6.66 Å². The van der Waals surface area contributed by atoms with Gasteiger partial charge < -0.3 is 8.39 Å². The Balaban J connectivity index is 0.00000157. The second-order valence-corrected chi connectivity index (χ2v) is 7.19. The molecule has 3 heteroatoms. The zero-order valence-electron chi connectivity index (χ0n) is 13.2. The Morgan fingerprint density at radius 3 is 1.52 bits per heavy atom. The molecule has 4 aromatic carbocycles. The van der Waals surface area contributed by atoms with Gasteiger partial charge in [-0.1, -0.05) is 68.1 Å². The minimum atomic E-state index is -1.00. The molecule has 5 aromatic rings. The molecule has 0 unspecified atom stereocenters. The summed E-state index contributed by atoms with van der Waals surface area (Å²) in [6.07, 6.45) is 0. The van der Waals surface area contributed by atoms with E-state index in [1.54, 1.807) is 0 Å². The van der Waals surface area contributed by atoms with Crippen LogP contribution >= 0.6 is 8.01 Å². The topological polar surface area (TPSA) is 26.3 Å². The normalized spacial score (nSPS) is 11.1. The van der Waals surface area contributed by atoms with E-state index >= 15 is 0 Å². The van der Waals surface area contributed by atoms with E-state index in [0.717, 1.165) is 21.9 Å². The highest BCUT2D eigenvalue weighted by atomic mass is 31.1. The molecule has 0 radical (unpaired) electrons. The van der Waals surface area contributed by atoms with Gasteiger partial charge in [0.05, 0.1) is 0 Å². The molecule has 0 spiro atoms. The fraction of sp³-hybridized carbons (Fsp3) is 0.0909. The Labute approximate surface area is 147 Å². The van der Waals surface area contributed by atoms with E-state index in [0.29, 0.717) is 0 Å². The Bertz CT molecular complexity index is 1170. The summed E-state index contributed by atoms with van der Waals surface area (Å²) >= 11 is 0. The molecule has 25 heavy (non-hydrogen) atoms. The van der Waals surface area contributed by atoms with E-state index in [-0.39, 0.29) is 7.43 Å². The van der Waals surface area contributed by atoms with Crippen LogP contribution in [0.25, 0.3) is 43.5 Å². The van der Waals surface area contributed by atoms with Crippen LogP contribution in [0.2, 0.25) is 0 Å². The molecule has 0 aliphatic rings. The van der Waals surface area contributed by atoms with Gasteiger partial charge >= 0.3 is 0 Å². The van der Waals surface area contributed by atoms with Gasteiger partial charge in [-0.2, -0.15) is 0 Å². The molecule has 2 nitrogen and oxygen atoms in total. The summed E-state index contributed by atoms with van der Waals surface area (Å²) in [6, 6.07) is 25.3. The van der Waals surface area contributed by atoms with Gasteiger partial charge in [-0.15, -0.1) is 0 Å². The van der Waals surface area contributed by atoms with E-state index in [2.05, 4.69) is 72.8 Å². The fourth-order valence-electron chi connectivity index (χ4n) is 3.47. The van der Waals surface area contributed by atoms with E-state index < -0.39 is 8.01 Å². The van der Waals surface area contributed by atoms with Crippen molar-refractivity contribution in [1.29, 1.82) is 0 Å². The summed E-state index contributed by atoms with van der Waals surface area (Å²) in [5, 5.41) is 7.07. The monoisotopic (exact) mass is 346 g/mol. The van der Waals surface area contributed by atoms with Gasteiger partial charge in [0, 0.05) is 17.4 Å². The van der Waals surface area contributed by atoms with E-state index in [1.165, 1.54) is 21.5 Å². The highest BCUT2D eigenvalue weighted by Crippen LogP contribution is 2.39. The van der Waals surface area contributed by atoms with Crippen LogP contribution in [0, 0.1) is 0 Å². The van der Waals surface area contributed by atoms with Gasteiger partial charge in [0.15, 0.2) is 0 Å². The van der Waals surface area contributed by atoms with Crippen LogP contribution in [0.5, 0.6) is 0 Å². The molecule has 0 aliphatic heterocycles. The fourth-order valence-corrected chi connectivity index (χ4v) is 4.36. The lowest BCUT2D eigenvalue weighted by molar-refractivity contribution is 0.644. The second kappa shape index (κ2) is 5.98.